The number of carbonyl (C=O) groups is 1. The van der Waals surface area contributed by atoms with Gasteiger partial charge in [0.05, 0.1) is 22.9 Å². The van der Waals surface area contributed by atoms with Crippen LogP contribution in [-0.2, 0) is 6.42 Å². The SMILES string of the molecule is CCc1nc(Oc2cccc(C#N)c2)ccc1C(=O)O. The molecule has 0 unspecified atom stereocenters. The molecule has 1 heterocycles. The van der Waals surface area contributed by atoms with Crippen molar-refractivity contribution >= 4 is 5.97 Å². The fourth-order valence-corrected chi connectivity index (χ4v) is 1.75. The summed E-state index contributed by atoms with van der Waals surface area (Å²) in [6.07, 6.45) is 0.497. The van der Waals surface area contributed by atoms with Gasteiger partial charge in [0.1, 0.15) is 5.75 Å². The third-order valence-corrected chi connectivity index (χ3v) is 2.70. The molecule has 1 aromatic heterocycles. The van der Waals surface area contributed by atoms with E-state index in [9.17, 15) is 4.79 Å². The van der Waals surface area contributed by atoms with Crippen LogP contribution in [0.15, 0.2) is 36.4 Å². The van der Waals surface area contributed by atoms with Crippen LogP contribution >= 0.6 is 0 Å². The molecule has 0 amide bonds. The Morgan fingerprint density at radius 1 is 1.40 bits per heavy atom. The van der Waals surface area contributed by atoms with Crippen LogP contribution in [-0.4, -0.2) is 16.1 Å². The predicted molar refractivity (Wildman–Crippen MR) is 71.8 cm³/mol. The van der Waals surface area contributed by atoms with Crippen molar-refractivity contribution in [3.05, 3.63) is 53.2 Å². The molecule has 5 nitrogen and oxygen atoms in total. The molecular weight excluding hydrogens is 256 g/mol. The summed E-state index contributed by atoms with van der Waals surface area (Å²) in [7, 11) is 0. The Bertz CT molecular complexity index is 690. The molecule has 0 aliphatic heterocycles. The molecule has 2 aromatic rings. The van der Waals surface area contributed by atoms with Crippen LogP contribution in [0.3, 0.4) is 0 Å². The first-order valence-electron chi connectivity index (χ1n) is 6.05. The van der Waals surface area contributed by atoms with E-state index in [0.29, 0.717) is 29.3 Å². The molecule has 1 aromatic carbocycles. The van der Waals surface area contributed by atoms with Gasteiger partial charge in [-0.05, 0) is 30.7 Å². The highest BCUT2D eigenvalue weighted by Gasteiger charge is 2.11. The van der Waals surface area contributed by atoms with E-state index in [2.05, 4.69) is 4.98 Å². The number of nitrogens with zero attached hydrogens (tertiary/aromatic N) is 2. The number of aromatic carboxylic acids is 1. The zero-order valence-corrected chi connectivity index (χ0v) is 10.8. The number of carboxylic acid groups (broad SMARTS) is 1. The van der Waals surface area contributed by atoms with Gasteiger partial charge in [0.25, 0.3) is 0 Å². The molecule has 0 spiro atoms. The van der Waals surface area contributed by atoms with Gasteiger partial charge < -0.3 is 9.84 Å². The van der Waals surface area contributed by atoms with Gasteiger partial charge in [-0.15, -0.1) is 0 Å². The monoisotopic (exact) mass is 268 g/mol. The second-order valence-electron chi connectivity index (χ2n) is 4.04. The Balaban J connectivity index is 2.30. The van der Waals surface area contributed by atoms with Gasteiger partial charge in [0.15, 0.2) is 0 Å². The number of carboxylic acids is 1. The van der Waals surface area contributed by atoms with Gasteiger partial charge in [0.2, 0.25) is 5.88 Å². The van der Waals surface area contributed by atoms with Crippen LogP contribution in [0.25, 0.3) is 0 Å². The maximum Gasteiger partial charge on any atom is 0.337 e. The molecule has 100 valence electrons. The van der Waals surface area contributed by atoms with Gasteiger partial charge in [-0.2, -0.15) is 5.26 Å². The van der Waals surface area contributed by atoms with Crippen molar-refractivity contribution in [1.29, 1.82) is 5.26 Å². The number of nitriles is 1. The average molecular weight is 268 g/mol. The molecule has 0 bridgehead atoms. The fourth-order valence-electron chi connectivity index (χ4n) is 1.75. The lowest BCUT2D eigenvalue weighted by Gasteiger charge is -2.08. The quantitative estimate of drug-likeness (QED) is 0.921. The van der Waals surface area contributed by atoms with Gasteiger partial charge >= 0.3 is 5.97 Å². The zero-order chi connectivity index (χ0) is 14.5. The standard InChI is InChI=1S/C15H12N2O3/c1-2-13-12(15(18)19)6-7-14(17-13)20-11-5-3-4-10(8-11)9-16/h3-8H,2H2,1H3,(H,18,19). The number of hydrogen-bond donors (Lipinski definition) is 1. The van der Waals surface area contributed by atoms with E-state index in [-0.39, 0.29) is 5.56 Å². The molecule has 0 aliphatic rings. The molecule has 2 rings (SSSR count). The number of rotatable bonds is 4. The van der Waals surface area contributed by atoms with Crippen LogP contribution in [0, 0.1) is 11.3 Å². The van der Waals surface area contributed by atoms with E-state index >= 15 is 0 Å². The maximum atomic E-state index is 11.0. The van der Waals surface area contributed by atoms with Crippen LogP contribution in [0.1, 0.15) is 28.5 Å². The summed E-state index contributed by atoms with van der Waals surface area (Å²) in [6.45, 7) is 1.83. The maximum absolute atomic E-state index is 11.0. The van der Waals surface area contributed by atoms with Crippen molar-refractivity contribution in [2.24, 2.45) is 0 Å². The summed E-state index contributed by atoms with van der Waals surface area (Å²) in [5, 5.41) is 17.9. The third kappa shape index (κ3) is 2.93. The zero-order valence-electron chi connectivity index (χ0n) is 10.8. The number of benzene rings is 1. The third-order valence-electron chi connectivity index (χ3n) is 2.70. The lowest BCUT2D eigenvalue weighted by Crippen LogP contribution is -2.04. The van der Waals surface area contributed by atoms with Crippen LogP contribution in [0.4, 0.5) is 0 Å². The molecule has 0 saturated heterocycles. The molecule has 0 atom stereocenters. The summed E-state index contributed by atoms with van der Waals surface area (Å²) < 4.78 is 5.54. The van der Waals surface area contributed by atoms with Crippen molar-refractivity contribution in [3.63, 3.8) is 0 Å². The Morgan fingerprint density at radius 3 is 2.85 bits per heavy atom. The first-order valence-corrected chi connectivity index (χ1v) is 6.05. The molecule has 0 fully saturated rings. The van der Waals surface area contributed by atoms with E-state index in [1.165, 1.54) is 12.1 Å². The topological polar surface area (TPSA) is 83.2 Å². The summed E-state index contributed by atoms with van der Waals surface area (Å²) in [6, 6.07) is 11.7. The number of aryl methyl sites for hydroxylation is 1. The Labute approximate surface area is 116 Å². The molecule has 0 saturated carbocycles. The Kier molecular flexibility index (Phi) is 3.96. The van der Waals surface area contributed by atoms with Crippen molar-refractivity contribution in [3.8, 4) is 17.7 Å². The summed E-state index contributed by atoms with van der Waals surface area (Å²) >= 11 is 0. The molecule has 20 heavy (non-hydrogen) atoms. The minimum absolute atomic E-state index is 0.172. The number of ether oxygens (including phenoxy) is 1. The molecule has 0 aliphatic carbocycles. The molecule has 5 heteroatoms. The highest BCUT2D eigenvalue weighted by atomic mass is 16.5. The highest BCUT2D eigenvalue weighted by Crippen LogP contribution is 2.22. The second kappa shape index (κ2) is 5.85. The lowest BCUT2D eigenvalue weighted by molar-refractivity contribution is 0.0695. The second-order valence-corrected chi connectivity index (χ2v) is 4.04. The fraction of sp³-hybridized carbons (Fsp3) is 0.133. The largest absolute Gasteiger partial charge is 0.478 e. The van der Waals surface area contributed by atoms with Gasteiger partial charge in [-0.3, -0.25) is 0 Å². The van der Waals surface area contributed by atoms with Crippen molar-refractivity contribution in [2.75, 3.05) is 0 Å². The van der Waals surface area contributed by atoms with E-state index in [1.807, 2.05) is 13.0 Å². The van der Waals surface area contributed by atoms with E-state index in [1.54, 1.807) is 24.3 Å². The summed E-state index contributed by atoms with van der Waals surface area (Å²) in [5.41, 5.74) is 1.12. The number of hydrogen-bond acceptors (Lipinski definition) is 4. The first kappa shape index (κ1) is 13.6. The van der Waals surface area contributed by atoms with Crippen molar-refractivity contribution < 1.29 is 14.6 Å². The average Bonchev–Trinajstić information content (AvgIpc) is 2.47. The highest BCUT2D eigenvalue weighted by molar-refractivity contribution is 5.88. The first-order chi connectivity index (χ1) is 9.63. The van der Waals surface area contributed by atoms with Crippen molar-refractivity contribution in [2.45, 2.75) is 13.3 Å². The van der Waals surface area contributed by atoms with Gasteiger partial charge in [0, 0.05) is 6.07 Å². The van der Waals surface area contributed by atoms with E-state index in [4.69, 9.17) is 15.1 Å². The smallest absolute Gasteiger partial charge is 0.337 e. The number of aromatic nitrogens is 1. The summed E-state index contributed by atoms with van der Waals surface area (Å²) in [5.74, 6) is -0.212. The van der Waals surface area contributed by atoms with E-state index < -0.39 is 5.97 Å². The van der Waals surface area contributed by atoms with Crippen LogP contribution in [0.5, 0.6) is 11.6 Å². The van der Waals surface area contributed by atoms with Gasteiger partial charge in [-0.25, -0.2) is 9.78 Å². The Hall–Kier alpha value is -2.87. The predicted octanol–water partition coefficient (Wildman–Crippen LogP) is 3.01. The number of pyridine rings is 1. The minimum atomic E-state index is -1.01. The molecule has 0 radical (unpaired) electrons. The normalized spacial score (nSPS) is 9.80. The minimum Gasteiger partial charge on any atom is -0.478 e. The Morgan fingerprint density at radius 2 is 2.20 bits per heavy atom. The van der Waals surface area contributed by atoms with Gasteiger partial charge in [-0.1, -0.05) is 13.0 Å². The van der Waals surface area contributed by atoms with Crippen LogP contribution < -0.4 is 4.74 Å². The van der Waals surface area contributed by atoms with Crippen molar-refractivity contribution in [1.82, 2.24) is 4.98 Å². The van der Waals surface area contributed by atoms with E-state index in [0.717, 1.165) is 0 Å². The molecular formula is C15H12N2O3. The lowest BCUT2D eigenvalue weighted by atomic mass is 10.1. The van der Waals surface area contributed by atoms with Crippen LogP contribution in [0.2, 0.25) is 0 Å². The molecule has 1 N–H and O–H groups in total. The summed E-state index contributed by atoms with van der Waals surface area (Å²) in [4.78, 5) is 15.2.